The molecular formula is C13H25N3S. The summed E-state index contributed by atoms with van der Waals surface area (Å²) in [6.07, 6.45) is 4.52. The molecule has 17 heavy (non-hydrogen) atoms. The van der Waals surface area contributed by atoms with Crippen molar-refractivity contribution in [2.75, 3.05) is 19.6 Å². The van der Waals surface area contributed by atoms with Gasteiger partial charge in [-0.25, -0.2) is 4.98 Å². The van der Waals surface area contributed by atoms with E-state index in [1.165, 1.54) is 22.7 Å². The van der Waals surface area contributed by atoms with Gasteiger partial charge < -0.3 is 5.32 Å². The molecular weight excluding hydrogens is 230 g/mol. The topological polar surface area (TPSA) is 28.2 Å². The Balaban J connectivity index is 2.32. The molecule has 98 valence electrons. The first-order valence-corrected chi connectivity index (χ1v) is 7.48. The van der Waals surface area contributed by atoms with E-state index in [-0.39, 0.29) is 0 Å². The lowest BCUT2D eigenvalue weighted by Crippen LogP contribution is -2.21. The summed E-state index contributed by atoms with van der Waals surface area (Å²) in [5.74, 6) is 0. The first-order chi connectivity index (χ1) is 8.30. The predicted octanol–water partition coefficient (Wildman–Crippen LogP) is 2.87. The highest BCUT2D eigenvalue weighted by Gasteiger charge is 2.05. The molecule has 0 aliphatic heterocycles. The van der Waals surface area contributed by atoms with E-state index >= 15 is 0 Å². The molecule has 4 heteroatoms. The van der Waals surface area contributed by atoms with E-state index in [1.54, 1.807) is 0 Å². The van der Waals surface area contributed by atoms with Crippen LogP contribution in [0.3, 0.4) is 0 Å². The van der Waals surface area contributed by atoms with E-state index in [4.69, 9.17) is 0 Å². The highest BCUT2D eigenvalue weighted by molar-refractivity contribution is 7.11. The maximum atomic E-state index is 4.49. The van der Waals surface area contributed by atoms with Crippen LogP contribution in [0.4, 0.5) is 0 Å². The van der Waals surface area contributed by atoms with Crippen molar-refractivity contribution >= 4 is 11.3 Å². The Morgan fingerprint density at radius 1 is 1.29 bits per heavy atom. The van der Waals surface area contributed by atoms with Crippen LogP contribution in [0.25, 0.3) is 0 Å². The molecule has 0 aliphatic carbocycles. The van der Waals surface area contributed by atoms with E-state index in [1.807, 2.05) is 17.5 Å². The molecule has 1 aromatic heterocycles. The molecule has 0 saturated carbocycles. The van der Waals surface area contributed by atoms with Crippen molar-refractivity contribution < 1.29 is 0 Å². The smallest absolute Gasteiger partial charge is 0.107 e. The van der Waals surface area contributed by atoms with Crippen molar-refractivity contribution in [2.45, 2.75) is 46.7 Å². The molecule has 1 rings (SSSR count). The van der Waals surface area contributed by atoms with Crippen molar-refractivity contribution in [1.82, 2.24) is 15.2 Å². The molecule has 1 aromatic rings. The summed E-state index contributed by atoms with van der Waals surface area (Å²) in [7, 11) is 0. The molecule has 0 saturated heterocycles. The van der Waals surface area contributed by atoms with Crippen LogP contribution >= 0.6 is 11.3 Å². The van der Waals surface area contributed by atoms with Gasteiger partial charge in [0.15, 0.2) is 0 Å². The fraction of sp³-hybridized carbons (Fsp3) is 0.769. The largest absolute Gasteiger partial charge is 0.312 e. The summed E-state index contributed by atoms with van der Waals surface area (Å²) < 4.78 is 0. The first kappa shape index (κ1) is 14.6. The number of rotatable bonds is 9. The van der Waals surface area contributed by atoms with Crippen LogP contribution in [0.2, 0.25) is 0 Å². The van der Waals surface area contributed by atoms with Crippen LogP contribution in [-0.4, -0.2) is 29.5 Å². The van der Waals surface area contributed by atoms with Crippen molar-refractivity contribution in [2.24, 2.45) is 0 Å². The van der Waals surface area contributed by atoms with Gasteiger partial charge in [0.1, 0.15) is 5.01 Å². The van der Waals surface area contributed by atoms with Crippen molar-refractivity contribution in [1.29, 1.82) is 0 Å². The molecule has 0 aliphatic rings. The van der Waals surface area contributed by atoms with E-state index < -0.39 is 0 Å². The second-order valence-corrected chi connectivity index (χ2v) is 5.41. The van der Waals surface area contributed by atoms with Gasteiger partial charge >= 0.3 is 0 Å². The van der Waals surface area contributed by atoms with Gasteiger partial charge in [0, 0.05) is 17.6 Å². The Hall–Kier alpha value is -0.450. The molecule has 0 atom stereocenters. The lowest BCUT2D eigenvalue weighted by molar-refractivity contribution is 0.295. The molecule has 0 unspecified atom stereocenters. The Morgan fingerprint density at radius 3 is 2.71 bits per heavy atom. The van der Waals surface area contributed by atoms with Crippen molar-refractivity contribution in [3.8, 4) is 0 Å². The van der Waals surface area contributed by atoms with E-state index in [2.05, 4.69) is 36.0 Å². The molecule has 0 fully saturated rings. The fourth-order valence-electron chi connectivity index (χ4n) is 1.65. The number of thiazole rings is 1. The third-order valence-corrected chi connectivity index (χ3v) is 3.84. The standard InChI is InChI=1S/C13H25N3S/c1-4-7-8-14-9-12-10-15-13(17-12)11-16(5-2)6-3/h10,14H,4-9,11H2,1-3H3. The van der Waals surface area contributed by atoms with Gasteiger partial charge in [-0.1, -0.05) is 27.2 Å². The number of aromatic nitrogens is 1. The summed E-state index contributed by atoms with van der Waals surface area (Å²) >= 11 is 1.83. The number of nitrogens with one attached hydrogen (secondary N) is 1. The molecule has 0 amide bonds. The van der Waals surface area contributed by atoms with Gasteiger partial charge in [0.25, 0.3) is 0 Å². The van der Waals surface area contributed by atoms with Gasteiger partial charge in [0.2, 0.25) is 0 Å². The van der Waals surface area contributed by atoms with Crippen LogP contribution in [0.15, 0.2) is 6.20 Å². The lowest BCUT2D eigenvalue weighted by Gasteiger charge is -2.15. The lowest BCUT2D eigenvalue weighted by atomic mass is 10.3. The summed E-state index contributed by atoms with van der Waals surface area (Å²) in [5, 5.41) is 4.69. The van der Waals surface area contributed by atoms with Crippen LogP contribution in [0.1, 0.15) is 43.5 Å². The number of hydrogen-bond donors (Lipinski definition) is 1. The summed E-state index contributed by atoms with van der Waals surface area (Å²) in [6.45, 7) is 11.9. The molecule has 0 spiro atoms. The number of nitrogens with zero attached hydrogens (tertiary/aromatic N) is 2. The summed E-state index contributed by atoms with van der Waals surface area (Å²) in [5.41, 5.74) is 0. The molecule has 3 nitrogen and oxygen atoms in total. The average Bonchev–Trinajstić information content (AvgIpc) is 2.79. The van der Waals surface area contributed by atoms with Gasteiger partial charge in [-0.2, -0.15) is 0 Å². The zero-order valence-corrected chi connectivity index (χ0v) is 12.1. The van der Waals surface area contributed by atoms with Gasteiger partial charge in [-0.15, -0.1) is 11.3 Å². The van der Waals surface area contributed by atoms with Crippen LogP contribution in [-0.2, 0) is 13.1 Å². The van der Waals surface area contributed by atoms with Crippen molar-refractivity contribution in [3.05, 3.63) is 16.1 Å². The zero-order valence-electron chi connectivity index (χ0n) is 11.3. The Bertz CT molecular complexity index is 295. The molecule has 0 radical (unpaired) electrons. The third kappa shape index (κ3) is 5.61. The third-order valence-electron chi connectivity index (χ3n) is 2.86. The average molecular weight is 255 g/mol. The maximum Gasteiger partial charge on any atom is 0.107 e. The Kier molecular flexibility index (Phi) is 7.40. The quantitative estimate of drug-likeness (QED) is 0.688. The van der Waals surface area contributed by atoms with Crippen LogP contribution in [0.5, 0.6) is 0 Å². The minimum Gasteiger partial charge on any atom is -0.312 e. The normalized spacial score (nSPS) is 11.3. The summed E-state index contributed by atoms with van der Waals surface area (Å²) in [4.78, 5) is 8.23. The second kappa shape index (κ2) is 8.61. The predicted molar refractivity (Wildman–Crippen MR) is 75.4 cm³/mol. The highest BCUT2D eigenvalue weighted by atomic mass is 32.1. The SMILES string of the molecule is CCCCNCc1cnc(CN(CC)CC)s1. The monoisotopic (exact) mass is 255 g/mol. The highest BCUT2D eigenvalue weighted by Crippen LogP contribution is 2.14. The van der Waals surface area contributed by atoms with Crippen LogP contribution in [0, 0.1) is 0 Å². The second-order valence-electron chi connectivity index (χ2n) is 4.21. The minimum absolute atomic E-state index is 0.968. The Labute approximate surface area is 109 Å². The molecule has 0 aromatic carbocycles. The van der Waals surface area contributed by atoms with Gasteiger partial charge in [0.05, 0.1) is 6.54 Å². The van der Waals surface area contributed by atoms with Crippen molar-refractivity contribution in [3.63, 3.8) is 0 Å². The molecule has 0 bridgehead atoms. The van der Waals surface area contributed by atoms with E-state index in [9.17, 15) is 0 Å². The maximum absolute atomic E-state index is 4.49. The zero-order chi connectivity index (χ0) is 12.5. The van der Waals surface area contributed by atoms with Gasteiger partial charge in [-0.05, 0) is 26.1 Å². The number of unbranched alkanes of at least 4 members (excludes halogenated alkanes) is 1. The van der Waals surface area contributed by atoms with E-state index in [0.717, 1.165) is 32.7 Å². The molecule has 1 heterocycles. The summed E-state index contributed by atoms with van der Waals surface area (Å²) in [6, 6.07) is 0. The Morgan fingerprint density at radius 2 is 2.06 bits per heavy atom. The minimum atomic E-state index is 0.968. The van der Waals surface area contributed by atoms with Gasteiger partial charge in [-0.3, -0.25) is 4.90 Å². The number of hydrogen-bond acceptors (Lipinski definition) is 4. The first-order valence-electron chi connectivity index (χ1n) is 6.66. The van der Waals surface area contributed by atoms with E-state index in [0.29, 0.717) is 0 Å². The van der Waals surface area contributed by atoms with Crippen LogP contribution < -0.4 is 5.32 Å². The molecule has 1 N–H and O–H groups in total. The fourth-order valence-corrected chi connectivity index (χ4v) is 2.59.